The van der Waals surface area contributed by atoms with Gasteiger partial charge in [0.25, 0.3) is 0 Å². The first-order valence-corrected chi connectivity index (χ1v) is 9.04. The second-order valence-electron chi connectivity index (χ2n) is 6.32. The Balaban J connectivity index is 0.00000364. The predicted octanol–water partition coefficient (Wildman–Crippen LogP) is 2.30. The highest BCUT2D eigenvalue weighted by atomic mass is 127. The van der Waals surface area contributed by atoms with E-state index in [2.05, 4.69) is 15.6 Å². The van der Waals surface area contributed by atoms with Crippen LogP contribution in [0.1, 0.15) is 32.3 Å². The highest BCUT2D eigenvalue weighted by Crippen LogP contribution is 2.21. The van der Waals surface area contributed by atoms with E-state index >= 15 is 0 Å². The highest BCUT2D eigenvalue weighted by molar-refractivity contribution is 14.0. The van der Waals surface area contributed by atoms with E-state index < -0.39 is 0 Å². The molecule has 1 amide bonds. The summed E-state index contributed by atoms with van der Waals surface area (Å²) in [5.74, 6) is 0.345. The molecule has 1 atom stereocenters. The third-order valence-corrected chi connectivity index (χ3v) is 4.26. The number of methoxy groups -OCH3 is 1. The summed E-state index contributed by atoms with van der Waals surface area (Å²) in [4.78, 5) is 29.6. The van der Waals surface area contributed by atoms with Gasteiger partial charge < -0.3 is 20.3 Å². The van der Waals surface area contributed by atoms with Crippen LogP contribution in [0.4, 0.5) is 5.69 Å². The van der Waals surface area contributed by atoms with Crippen LogP contribution in [-0.2, 0) is 20.9 Å². The van der Waals surface area contributed by atoms with E-state index in [-0.39, 0.29) is 41.8 Å². The third kappa shape index (κ3) is 7.00. The highest BCUT2D eigenvalue weighted by Gasteiger charge is 2.21. The predicted molar refractivity (Wildman–Crippen MR) is 117 cm³/mol. The zero-order chi connectivity index (χ0) is 18.9. The molecule has 1 fully saturated rings. The lowest BCUT2D eigenvalue weighted by Crippen LogP contribution is -2.40. The van der Waals surface area contributed by atoms with Crippen LogP contribution in [0.15, 0.2) is 29.3 Å². The van der Waals surface area contributed by atoms with E-state index in [4.69, 9.17) is 4.74 Å². The minimum atomic E-state index is -0.250. The molecule has 1 aromatic carbocycles. The Kier molecular flexibility index (Phi) is 10.1. The second kappa shape index (κ2) is 11.8. The standard InChI is InChI=1S/C19H28N4O3.HI/c1-4-20-19(21-12-14(2)18(25)26-3)22-13-15-7-9-16(10-8-15)23-11-5-6-17(23)24;/h7-10,14H,4-6,11-13H2,1-3H3,(H2,20,21,22);1H. The van der Waals surface area contributed by atoms with Gasteiger partial charge in [-0.1, -0.05) is 19.1 Å². The van der Waals surface area contributed by atoms with Crippen LogP contribution < -0.4 is 15.5 Å². The molecule has 8 heteroatoms. The maximum atomic E-state index is 11.8. The molecule has 0 saturated carbocycles. The molecule has 1 heterocycles. The van der Waals surface area contributed by atoms with Crippen molar-refractivity contribution in [2.45, 2.75) is 33.2 Å². The summed E-state index contributed by atoms with van der Waals surface area (Å²) in [5.41, 5.74) is 2.00. The number of nitrogens with zero attached hydrogens (tertiary/aromatic N) is 2. The number of amides is 1. The number of ether oxygens (including phenoxy) is 1. The fourth-order valence-corrected chi connectivity index (χ4v) is 2.75. The van der Waals surface area contributed by atoms with Gasteiger partial charge in [0.15, 0.2) is 5.96 Å². The molecule has 27 heavy (non-hydrogen) atoms. The van der Waals surface area contributed by atoms with Crippen molar-refractivity contribution in [3.63, 3.8) is 0 Å². The van der Waals surface area contributed by atoms with Crippen molar-refractivity contribution >= 4 is 47.5 Å². The van der Waals surface area contributed by atoms with E-state index in [0.29, 0.717) is 25.5 Å². The largest absolute Gasteiger partial charge is 0.469 e. The summed E-state index contributed by atoms with van der Waals surface area (Å²) in [6.45, 7) is 6.28. The van der Waals surface area contributed by atoms with E-state index in [0.717, 1.165) is 30.8 Å². The Morgan fingerprint density at radius 3 is 2.56 bits per heavy atom. The fourth-order valence-electron chi connectivity index (χ4n) is 2.75. The molecule has 2 N–H and O–H groups in total. The monoisotopic (exact) mass is 488 g/mol. The summed E-state index contributed by atoms with van der Waals surface area (Å²) in [7, 11) is 1.39. The van der Waals surface area contributed by atoms with E-state index in [9.17, 15) is 9.59 Å². The zero-order valence-corrected chi connectivity index (χ0v) is 18.5. The Bertz CT molecular complexity index is 649. The minimum absolute atomic E-state index is 0. The lowest BCUT2D eigenvalue weighted by Gasteiger charge is -2.16. The van der Waals surface area contributed by atoms with E-state index in [1.165, 1.54) is 7.11 Å². The van der Waals surface area contributed by atoms with Gasteiger partial charge in [-0.3, -0.25) is 9.59 Å². The van der Waals surface area contributed by atoms with Crippen LogP contribution in [0.25, 0.3) is 0 Å². The molecule has 0 radical (unpaired) electrons. The van der Waals surface area contributed by atoms with Crippen molar-refractivity contribution in [3.8, 4) is 0 Å². The number of halogens is 1. The molecule has 1 aliphatic rings. The van der Waals surface area contributed by atoms with Gasteiger partial charge in [-0.2, -0.15) is 0 Å². The SMILES string of the molecule is CCNC(=NCc1ccc(N2CCCC2=O)cc1)NCC(C)C(=O)OC.I. The fraction of sp³-hybridized carbons (Fsp3) is 0.526. The number of carbonyl (C=O) groups excluding carboxylic acids is 2. The van der Waals surface area contributed by atoms with Crippen molar-refractivity contribution in [1.82, 2.24) is 10.6 Å². The summed E-state index contributed by atoms with van der Waals surface area (Å²) in [6, 6.07) is 7.91. The van der Waals surface area contributed by atoms with Gasteiger partial charge in [0.2, 0.25) is 5.91 Å². The number of esters is 1. The van der Waals surface area contributed by atoms with Crippen LogP contribution in [0.5, 0.6) is 0 Å². The molecule has 1 saturated heterocycles. The van der Waals surface area contributed by atoms with Gasteiger partial charge in [-0.05, 0) is 31.0 Å². The van der Waals surface area contributed by atoms with Crippen molar-refractivity contribution in [3.05, 3.63) is 29.8 Å². The van der Waals surface area contributed by atoms with Gasteiger partial charge in [0.05, 0.1) is 19.6 Å². The number of rotatable bonds is 7. The number of hydrogen-bond donors (Lipinski definition) is 2. The smallest absolute Gasteiger partial charge is 0.310 e. The molecule has 1 aliphatic heterocycles. The normalized spacial score (nSPS) is 15.1. The quantitative estimate of drug-likeness (QED) is 0.267. The van der Waals surface area contributed by atoms with Crippen LogP contribution >= 0.6 is 24.0 Å². The molecule has 0 spiro atoms. The molecule has 1 aromatic rings. The van der Waals surface area contributed by atoms with Gasteiger partial charge >= 0.3 is 5.97 Å². The first-order valence-electron chi connectivity index (χ1n) is 9.04. The van der Waals surface area contributed by atoms with Crippen LogP contribution in [0.2, 0.25) is 0 Å². The molecular formula is C19H29IN4O3. The van der Waals surface area contributed by atoms with Crippen LogP contribution in [0.3, 0.4) is 0 Å². The Hall–Kier alpha value is -1.84. The lowest BCUT2D eigenvalue weighted by atomic mass is 10.2. The van der Waals surface area contributed by atoms with Gasteiger partial charge in [0, 0.05) is 31.7 Å². The average Bonchev–Trinajstić information content (AvgIpc) is 3.09. The first-order chi connectivity index (χ1) is 12.5. The van der Waals surface area contributed by atoms with Crippen molar-refractivity contribution in [2.24, 2.45) is 10.9 Å². The summed E-state index contributed by atoms with van der Waals surface area (Å²) < 4.78 is 4.73. The van der Waals surface area contributed by atoms with Crippen LogP contribution in [0, 0.1) is 5.92 Å². The van der Waals surface area contributed by atoms with E-state index in [1.807, 2.05) is 36.1 Å². The van der Waals surface area contributed by atoms with Gasteiger partial charge in [-0.15, -0.1) is 24.0 Å². The molecule has 7 nitrogen and oxygen atoms in total. The second-order valence-corrected chi connectivity index (χ2v) is 6.32. The molecule has 0 aliphatic carbocycles. The van der Waals surface area contributed by atoms with Crippen molar-refractivity contribution in [2.75, 3.05) is 31.6 Å². The molecule has 1 unspecified atom stereocenters. The molecule has 2 rings (SSSR count). The maximum absolute atomic E-state index is 11.8. The zero-order valence-electron chi connectivity index (χ0n) is 16.2. The Labute approximate surface area is 178 Å². The summed E-state index contributed by atoms with van der Waals surface area (Å²) in [6.07, 6.45) is 1.56. The van der Waals surface area contributed by atoms with Gasteiger partial charge in [-0.25, -0.2) is 4.99 Å². The number of carbonyl (C=O) groups is 2. The van der Waals surface area contributed by atoms with Crippen molar-refractivity contribution in [1.29, 1.82) is 0 Å². The van der Waals surface area contributed by atoms with E-state index in [1.54, 1.807) is 6.92 Å². The average molecular weight is 488 g/mol. The Morgan fingerprint density at radius 2 is 2.00 bits per heavy atom. The first kappa shape index (κ1) is 23.2. The maximum Gasteiger partial charge on any atom is 0.310 e. The molecule has 150 valence electrons. The topological polar surface area (TPSA) is 83.0 Å². The number of nitrogens with one attached hydrogen (secondary N) is 2. The number of hydrogen-bond acceptors (Lipinski definition) is 4. The van der Waals surface area contributed by atoms with Crippen LogP contribution in [-0.4, -0.2) is 44.6 Å². The number of aliphatic imine (C=N–C) groups is 1. The summed E-state index contributed by atoms with van der Waals surface area (Å²) >= 11 is 0. The number of benzene rings is 1. The van der Waals surface area contributed by atoms with Gasteiger partial charge in [0.1, 0.15) is 0 Å². The number of anilines is 1. The number of guanidine groups is 1. The molecule has 0 aromatic heterocycles. The minimum Gasteiger partial charge on any atom is -0.469 e. The van der Waals surface area contributed by atoms with Crippen molar-refractivity contribution < 1.29 is 14.3 Å². The molecule has 0 bridgehead atoms. The lowest BCUT2D eigenvalue weighted by molar-refractivity contribution is -0.144. The Morgan fingerprint density at radius 1 is 1.30 bits per heavy atom. The third-order valence-electron chi connectivity index (χ3n) is 4.26. The molecular weight excluding hydrogens is 459 g/mol. The summed E-state index contributed by atoms with van der Waals surface area (Å²) in [5, 5.41) is 6.31.